The van der Waals surface area contributed by atoms with Crippen molar-refractivity contribution in [1.82, 2.24) is 19.8 Å². The number of carbonyl (C=O) groups excluding carboxylic acids is 1. The molecule has 1 atom stereocenters. The van der Waals surface area contributed by atoms with Crippen LogP contribution in [0.1, 0.15) is 37.9 Å². The van der Waals surface area contributed by atoms with Gasteiger partial charge in [-0.2, -0.15) is 0 Å². The van der Waals surface area contributed by atoms with Gasteiger partial charge in [-0.3, -0.25) is 4.79 Å². The third-order valence-corrected chi connectivity index (χ3v) is 5.45. The molecule has 0 spiro atoms. The number of carbonyl (C=O) groups is 1. The lowest BCUT2D eigenvalue weighted by Crippen LogP contribution is -2.37. The second kappa shape index (κ2) is 8.19. The molecule has 6 heteroatoms. The van der Waals surface area contributed by atoms with Gasteiger partial charge in [-0.1, -0.05) is 18.0 Å². The minimum atomic E-state index is 0.220. The average molecular weight is 363 g/mol. The minimum Gasteiger partial charge on any atom is -0.345 e. The van der Waals surface area contributed by atoms with E-state index < -0.39 is 0 Å². The fourth-order valence-electron chi connectivity index (χ4n) is 3.54. The lowest BCUT2D eigenvalue weighted by atomic mass is 9.98. The number of halogens is 1. The topological polar surface area (TPSA) is 52.2 Å². The maximum Gasteiger partial charge on any atom is 0.222 e. The van der Waals surface area contributed by atoms with Crippen molar-refractivity contribution < 1.29 is 4.79 Å². The van der Waals surface area contributed by atoms with E-state index in [-0.39, 0.29) is 5.91 Å². The summed E-state index contributed by atoms with van der Waals surface area (Å²) < 4.78 is 0. The number of aromatic amines is 1. The van der Waals surface area contributed by atoms with Crippen molar-refractivity contribution in [3.05, 3.63) is 29.0 Å². The molecule has 2 heterocycles. The van der Waals surface area contributed by atoms with Crippen molar-refractivity contribution in [3.63, 3.8) is 0 Å². The fraction of sp³-hybridized carbons (Fsp3) is 0.579. The molecule has 1 unspecified atom stereocenters. The highest BCUT2D eigenvalue weighted by Crippen LogP contribution is 2.20. The number of likely N-dealkylation sites (tertiary alicyclic amines) is 1. The first-order valence-corrected chi connectivity index (χ1v) is 9.49. The van der Waals surface area contributed by atoms with E-state index in [9.17, 15) is 4.79 Å². The molecule has 1 aromatic carbocycles. The number of nitrogens with zero attached hydrogens (tertiary/aromatic N) is 3. The molecule has 1 aliphatic rings. The van der Waals surface area contributed by atoms with Crippen LogP contribution in [0.4, 0.5) is 0 Å². The molecule has 1 N–H and O–H groups in total. The number of hydrogen-bond donors (Lipinski definition) is 1. The molecule has 136 valence electrons. The molecular formula is C19H27ClN4O. The van der Waals surface area contributed by atoms with Crippen LogP contribution in [0.5, 0.6) is 0 Å². The lowest BCUT2D eigenvalue weighted by molar-refractivity contribution is -0.130. The number of fused-ring (bicyclic) bond motifs is 1. The standard InChI is InChI=1S/C19H27ClN4O/c1-23-11-4-3-5-15(23)7-9-19(25)24(2)12-10-18-21-16-8-6-14(20)13-17(16)22-18/h6,8,13,15H,3-5,7,9-12H2,1-2H3,(H,21,22). The molecule has 25 heavy (non-hydrogen) atoms. The van der Waals surface area contributed by atoms with Gasteiger partial charge in [0, 0.05) is 37.5 Å². The molecule has 5 nitrogen and oxygen atoms in total. The normalized spacial score (nSPS) is 18.6. The highest BCUT2D eigenvalue weighted by molar-refractivity contribution is 6.31. The van der Waals surface area contributed by atoms with Gasteiger partial charge in [0.2, 0.25) is 5.91 Å². The summed E-state index contributed by atoms with van der Waals surface area (Å²) in [6, 6.07) is 6.19. The lowest BCUT2D eigenvalue weighted by Gasteiger charge is -2.32. The van der Waals surface area contributed by atoms with Gasteiger partial charge in [0.25, 0.3) is 0 Å². The van der Waals surface area contributed by atoms with E-state index in [2.05, 4.69) is 21.9 Å². The van der Waals surface area contributed by atoms with Crippen molar-refractivity contribution in [1.29, 1.82) is 0 Å². The number of amides is 1. The number of imidazole rings is 1. The van der Waals surface area contributed by atoms with Crippen molar-refractivity contribution in [2.24, 2.45) is 0 Å². The van der Waals surface area contributed by atoms with Gasteiger partial charge >= 0.3 is 0 Å². The molecule has 1 amide bonds. The Labute approximate surface area is 154 Å². The molecule has 1 saturated heterocycles. The van der Waals surface area contributed by atoms with Gasteiger partial charge in [-0.05, 0) is 51.1 Å². The fourth-order valence-corrected chi connectivity index (χ4v) is 3.71. The Morgan fingerprint density at radius 2 is 2.28 bits per heavy atom. The first-order valence-electron chi connectivity index (χ1n) is 9.11. The van der Waals surface area contributed by atoms with Crippen LogP contribution in [0.3, 0.4) is 0 Å². The van der Waals surface area contributed by atoms with E-state index in [4.69, 9.17) is 11.6 Å². The summed E-state index contributed by atoms with van der Waals surface area (Å²) in [7, 11) is 4.05. The van der Waals surface area contributed by atoms with Crippen molar-refractivity contribution in [3.8, 4) is 0 Å². The smallest absolute Gasteiger partial charge is 0.222 e. The van der Waals surface area contributed by atoms with E-state index in [0.29, 0.717) is 24.0 Å². The summed E-state index contributed by atoms with van der Waals surface area (Å²) in [5.41, 5.74) is 1.85. The summed E-state index contributed by atoms with van der Waals surface area (Å²) >= 11 is 6.00. The zero-order valence-electron chi connectivity index (χ0n) is 15.1. The molecule has 1 fully saturated rings. The van der Waals surface area contributed by atoms with Gasteiger partial charge in [-0.15, -0.1) is 0 Å². The average Bonchev–Trinajstić information content (AvgIpc) is 3.00. The second-order valence-corrected chi connectivity index (χ2v) is 7.52. The molecule has 0 aliphatic carbocycles. The highest BCUT2D eigenvalue weighted by Gasteiger charge is 2.20. The Hall–Kier alpha value is -1.59. The first kappa shape index (κ1) is 18.2. The zero-order valence-corrected chi connectivity index (χ0v) is 15.9. The largest absolute Gasteiger partial charge is 0.345 e. The second-order valence-electron chi connectivity index (χ2n) is 7.08. The molecular weight excluding hydrogens is 336 g/mol. The maximum atomic E-state index is 12.4. The third-order valence-electron chi connectivity index (χ3n) is 5.22. The van der Waals surface area contributed by atoms with Crippen molar-refractivity contribution in [2.45, 2.75) is 44.6 Å². The van der Waals surface area contributed by atoms with E-state index in [1.54, 1.807) is 0 Å². The quantitative estimate of drug-likeness (QED) is 0.855. The van der Waals surface area contributed by atoms with Gasteiger partial charge in [-0.25, -0.2) is 4.98 Å². The molecule has 0 saturated carbocycles. The predicted molar refractivity (Wildman–Crippen MR) is 102 cm³/mol. The van der Waals surface area contributed by atoms with E-state index >= 15 is 0 Å². The molecule has 2 aromatic rings. The highest BCUT2D eigenvalue weighted by atomic mass is 35.5. The van der Waals surface area contributed by atoms with Crippen LogP contribution >= 0.6 is 11.6 Å². The van der Waals surface area contributed by atoms with Crippen molar-refractivity contribution >= 4 is 28.5 Å². The van der Waals surface area contributed by atoms with Crippen LogP contribution in [-0.2, 0) is 11.2 Å². The minimum absolute atomic E-state index is 0.220. The van der Waals surface area contributed by atoms with Gasteiger partial charge in [0.15, 0.2) is 0 Å². The van der Waals surface area contributed by atoms with Crippen molar-refractivity contribution in [2.75, 3.05) is 27.2 Å². The Bertz CT molecular complexity index is 729. The van der Waals surface area contributed by atoms with Crippen LogP contribution in [0.25, 0.3) is 11.0 Å². The number of hydrogen-bond acceptors (Lipinski definition) is 3. The number of aromatic nitrogens is 2. The summed E-state index contributed by atoms with van der Waals surface area (Å²) in [6.07, 6.45) is 6.09. The van der Waals surface area contributed by atoms with Gasteiger partial charge < -0.3 is 14.8 Å². The van der Waals surface area contributed by atoms with Gasteiger partial charge in [0.05, 0.1) is 11.0 Å². The molecule has 1 aromatic heterocycles. The van der Waals surface area contributed by atoms with Crippen LogP contribution in [0.2, 0.25) is 5.02 Å². The number of likely N-dealkylation sites (N-methyl/N-ethyl adjacent to an activating group) is 1. The molecule has 3 rings (SSSR count). The van der Waals surface area contributed by atoms with E-state index in [1.807, 2.05) is 30.1 Å². The SMILES string of the molecule is CN(CCc1nc2ccc(Cl)cc2[nH]1)C(=O)CCC1CCCCN1C. The van der Waals surface area contributed by atoms with E-state index in [1.165, 1.54) is 19.3 Å². The summed E-state index contributed by atoms with van der Waals surface area (Å²) in [6.45, 7) is 1.83. The number of rotatable bonds is 6. The zero-order chi connectivity index (χ0) is 17.8. The number of piperidine rings is 1. The summed E-state index contributed by atoms with van der Waals surface area (Å²) in [4.78, 5) is 24.4. The Kier molecular flexibility index (Phi) is 5.97. The first-order chi connectivity index (χ1) is 12.0. The maximum absolute atomic E-state index is 12.4. The number of nitrogens with one attached hydrogen (secondary N) is 1. The monoisotopic (exact) mass is 362 g/mol. The number of H-pyrrole nitrogens is 1. The Morgan fingerprint density at radius 3 is 3.08 bits per heavy atom. The molecule has 0 bridgehead atoms. The molecule has 1 aliphatic heterocycles. The predicted octanol–water partition coefficient (Wildman–Crippen LogP) is 3.48. The van der Waals surface area contributed by atoms with Crippen LogP contribution in [0.15, 0.2) is 18.2 Å². The van der Waals surface area contributed by atoms with Crippen LogP contribution < -0.4 is 0 Å². The Balaban J connectivity index is 1.47. The summed E-state index contributed by atoms with van der Waals surface area (Å²) in [5, 5.41) is 0.697. The third kappa shape index (κ3) is 4.73. The van der Waals surface area contributed by atoms with Gasteiger partial charge in [0.1, 0.15) is 5.82 Å². The Morgan fingerprint density at radius 1 is 1.44 bits per heavy atom. The number of benzene rings is 1. The summed E-state index contributed by atoms with van der Waals surface area (Å²) in [5.74, 6) is 1.11. The van der Waals surface area contributed by atoms with Crippen LogP contribution in [-0.4, -0.2) is 58.9 Å². The van der Waals surface area contributed by atoms with Crippen LogP contribution in [0, 0.1) is 0 Å². The molecule has 0 radical (unpaired) electrons. The van der Waals surface area contributed by atoms with E-state index in [0.717, 1.165) is 36.2 Å².